The van der Waals surface area contributed by atoms with E-state index in [-0.39, 0.29) is 36.6 Å². The van der Waals surface area contributed by atoms with Gasteiger partial charge in [0.05, 0.1) is 19.4 Å². The molecule has 0 spiro atoms. The average molecular weight is 622 g/mol. The highest BCUT2D eigenvalue weighted by molar-refractivity contribution is 7.88. The lowest BCUT2D eigenvalue weighted by Crippen LogP contribution is -2.58. The molecule has 12 heteroatoms. The van der Waals surface area contributed by atoms with Gasteiger partial charge in [0, 0.05) is 50.7 Å². The molecule has 9 nitrogen and oxygen atoms in total. The summed E-state index contributed by atoms with van der Waals surface area (Å²) in [6, 6.07) is 8.80. The predicted octanol–water partition coefficient (Wildman–Crippen LogP) is 3.57. The van der Waals surface area contributed by atoms with E-state index in [0.717, 1.165) is 0 Å². The molecule has 0 unspecified atom stereocenters. The molecule has 4 atom stereocenters. The normalized spacial score (nSPS) is 21.6. The van der Waals surface area contributed by atoms with E-state index in [4.69, 9.17) is 9.47 Å². The first-order valence-corrected chi connectivity index (χ1v) is 16.5. The number of piperazine rings is 1. The van der Waals surface area contributed by atoms with Gasteiger partial charge < -0.3 is 20.1 Å². The van der Waals surface area contributed by atoms with Crippen molar-refractivity contribution in [1.29, 1.82) is 0 Å². The molecule has 2 aliphatic heterocycles. The van der Waals surface area contributed by atoms with Crippen molar-refractivity contribution >= 4 is 21.9 Å². The molecule has 236 valence electrons. The van der Waals surface area contributed by atoms with E-state index in [1.807, 2.05) is 6.92 Å². The van der Waals surface area contributed by atoms with Crippen LogP contribution in [0.5, 0.6) is 0 Å². The molecule has 2 N–H and O–H groups in total. The standard InChI is InChI=1S/C31H41F2N3O6S/c1-20-18-34-19-25(36(20)43(3,39)40)11-12-26-23(5-4-6-27(26)33)17-28(37)30(35-31(38)41-2)29(22-13-15-42-16-14-22)21-7-9-24(32)10-8-21/h4-10,20,22,25,29-30,34H,11-19H2,1-3H3,(H,35,38)/t20-,25+,29+,30-/m1/s1. The van der Waals surface area contributed by atoms with Gasteiger partial charge >= 0.3 is 6.09 Å². The Bertz CT molecular complexity index is 1370. The van der Waals surface area contributed by atoms with Crippen LogP contribution in [0.4, 0.5) is 13.6 Å². The number of carbonyl (C=O) groups is 2. The maximum Gasteiger partial charge on any atom is 0.407 e. The monoisotopic (exact) mass is 621 g/mol. The molecule has 43 heavy (non-hydrogen) atoms. The number of Topliss-reactive ketones (excluding diaryl/α,β-unsaturated/α-hetero) is 1. The highest BCUT2D eigenvalue weighted by Crippen LogP contribution is 2.36. The van der Waals surface area contributed by atoms with Gasteiger partial charge in [-0.05, 0) is 73.4 Å². The molecule has 0 aromatic heterocycles. The average Bonchev–Trinajstić information content (AvgIpc) is 2.97. The van der Waals surface area contributed by atoms with E-state index in [0.29, 0.717) is 62.3 Å². The number of alkyl carbamates (subject to hydrolysis) is 1. The first-order valence-electron chi connectivity index (χ1n) is 14.7. The third kappa shape index (κ3) is 8.37. The van der Waals surface area contributed by atoms with E-state index in [1.165, 1.54) is 41.9 Å². The second-order valence-electron chi connectivity index (χ2n) is 11.5. The lowest BCUT2D eigenvalue weighted by molar-refractivity contribution is -0.121. The van der Waals surface area contributed by atoms with Crippen LogP contribution in [0, 0.1) is 17.6 Å². The van der Waals surface area contributed by atoms with Gasteiger partial charge in [0.1, 0.15) is 11.6 Å². The zero-order valence-electron chi connectivity index (χ0n) is 24.9. The number of methoxy groups -OCH3 is 1. The highest BCUT2D eigenvalue weighted by atomic mass is 32.2. The van der Waals surface area contributed by atoms with E-state index in [2.05, 4.69) is 10.6 Å². The van der Waals surface area contributed by atoms with Gasteiger partial charge in [-0.1, -0.05) is 24.3 Å². The fourth-order valence-electron chi connectivity index (χ4n) is 6.54. The number of carbonyl (C=O) groups excluding carboxylic acids is 2. The van der Waals surface area contributed by atoms with Gasteiger partial charge in [-0.15, -0.1) is 0 Å². The number of amides is 1. The Hall–Kier alpha value is -2.93. The van der Waals surface area contributed by atoms with E-state index in [9.17, 15) is 22.4 Å². The van der Waals surface area contributed by atoms with Crippen molar-refractivity contribution in [3.63, 3.8) is 0 Å². The molecule has 2 heterocycles. The van der Waals surface area contributed by atoms with Crippen LogP contribution in [-0.2, 0) is 37.1 Å². The number of sulfonamides is 1. The van der Waals surface area contributed by atoms with Gasteiger partial charge in [-0.2, -0.15) is 4.31 Å². The Kier molecular flexibility index (Phi) is 11.3. The molecule has 2 aromatic carbocycles. The second-order valence-corrected chi connectivity index (χ2v) is 13.3. The van der Waals surface area contributed by atoms with Gasteiger partial charge in [0.2, 0.25) is 10.0 Å². The van der Waals surface area contributed by atoms with Gasteiger partial charge in [-0.25, -0.2) is 22.0 Å². The Morgan fingerprint density at radius 3 is 2.47 bits per heavy atom. The number of hydrogen-bond donors (Lipinski definition) is 2. The molecule has 4 rings (SSSR count). The first kappa shape index (κ1) is 33.0. The molecule has 0 radical (unpaired) electrons. The third-order valence-electron chi connectivity index (χ3n) is 8.50. The molecule has 2 aliphatic rings. The largest absolute Gasteiger partial charge is 0.453 e. The number of hydrogen-bond acceptors (Lipinski definition) is 7. The van der Waals surface area contributed by atoms with Crippen molar-refractivity contribution in [2.75, 3.05) is 39.7 Å². The summed E-state index contributed by atoms with van der Waals surface area (Å²) in [5.41, 5.74) is 1.50. The number of halogens is 2. The van der Waals surface area contributed by atoms with Crippen molar-refractivity contribution in [2.45, 2.75) is 63.1 Å². The molecular formula is C31H41F2N3O6S. The maximum absolute atomic E-state index is 15.3. The Balaban J connectivity index is 1.63. The van der Waals surface area contributed by atoms with Crippen LogP contribution in [0.15, 0.2) is 42.5 Å². The van der Waals surface area contributed by atoms with Crippen molar-refractivity contribution < 1.29 is 36.3 Å². The number of rotatable bonds is 11. The summed E-state index contributed by atoms with van der Waals surface area (Å²) < 4.78 is 66.1. The lowest BCUT2D eigenvalue weighted by Gasteiger charge is -2.39. The Morgan fingerprint density at radius 2 is 1.81 bits per heavy atom. The summed E-state index contributed by atoms with van der Waals surface area (Å²) >= 11 is 0. The van der Waals surface area contributed by atoms with Crippen molar-refractivity contribution in [3.05, 3.63) is 70.8 Å². The van der Waals surface area contributed by atoms with Crippen LogP contribution in [0.2, 0.25) is 0 Å². The van der Waals surface area contributed by atoms with Crippen LogP contribution < -0.4 is 10.6 Å². The van der Waals surface area contributed by atoms with E-state index < -0.39 is 39.7 Å². The fraction of sp³-hybridized carbons (Fsp3) is 0.548. The molecule has 2 aromatic rings. The second kappa shape index (κ2) is 14.7. The summed E-state index contributed by atoms with van der Waals surface area (Å²) in [5, 5.41) is 5.97. The molecule has 2 saturated heterocycles. The van der Waals surface area contributed by atoms with E-state index >= 15 is 4.39 Å². The number of ether oxygens (including phenoxy) is 2. The predicted molar refractivity (Wildman–Crippen MR) is 158 cm³/mol. The molecule has 0 aliphatic carbocycles. The zero-order chi connectivity index (χ0) is 31.1. The minimum absolute atomic E-state index is 0.0416. The topological polar surface area (TPSA) is 114 Å². The number of nitrogens with zero attached hydrogens (tertiary/aromatic N) is 1. The van der Waals surface area contributed by atoms with Crippen LogP contribution in [0.3, 0.4) is 0 Å². The summed E-state index contributed by atoms with van der Waals surface area (Å²) in [7, 11) is -2.27. The lowest BCUT2D eigenvalue weighted by atomic mass is 9.74. The van der Waals surface area contributed by atoms with E-state index in [1.54, 1.807) is 18.2 Å². The summed E-state index contributed by atoms with van der Waals surface area (Å²) in [4.78, 5) is 26.6. The maximum atomic E-state index is 15.3. The molecular weight excluding hydrogens is 580 g/mol. The smallest absolute Gasteiger partial charge is 0.407 e. The van der Waals surface area contributed by atoms with Crippen LogP contribution in [0.25, 0.3) is 0 Å². The van der Waals surface area contributed by atoms with Crippen LogP contribution in [0.1, 0.15) is 48.8 Å². The van der Waals surface area contributed by atoms with Crippen LogP contribution in [-0.4, -0.2) is 82.4 Å². The minimum atomic E-state index is -3.48. The fourth-order valence-corrected chi connectivity index (χ4v) is 7.99. The van der Waals surface area contributed by atoms with Gasteiger partial charge in [0.25, 0.3) is 0 Å². The van der Waals surface area contributed by atoms with Crippen LogP contribution >= 0.6 is 0 Å². The minimum Gasteiger partial charge on any atom is -0.453 e. The molecule has 1 amide bonds. The Morgan fingerprint density at radius 1 is 1.12 bits per heavy atom. The number of benzene rings is 2. The first-order chi connectivity index (χ1) is 20.5. The van der Waals surface area contributed by atoms with Crippen molar-refractivity contribution in [1.82, 2.24) is 14.9 Å². The zero-order valence-corrected chi connectivity index (χ0v) is 25.7. The number of nitrogens with one attached hydrogen (secondary N) is 2. The van der Waals surface area contributed by atoms with Crippen molar-refractivity contribution in [3.8, 4) is 0 Å². The molecule has 2 fully saturated rings. The van der Waals surface area contributed by atoms with Gasteiger partial charge in [0.15, 0.2) is 5.78 Å². The highest BCUT2D eigenvalue weighted by Gasteiger charge is 2.38. The summed E-state index contributed by atoms with van der Waals surface area (Å²) in [5.74, 6) is -1.78. The molecule has 0 saturated carbocycles. The Labute approximate surface area is 252 Å². The molecule has 0 bridgehead atoms. The summed E-state index contributed by atoms with van der Waals surface area (Å²) in [6.45, 7) is 3.79. The number of ketones is 1. The summed E-state index contributed by atoms with van der Waals surface area (Å²) in [6.07, 6.45) is 2.09. The van der Waals surface area contributed by atoms with Crippen molar-refractivity contribution in [2.24, 2.45) is 5.92 Å². The van der Waals surface area contributed by atoms with Gasteiger partial charge in [-0.3, -0.25) is 4.79 Å². The SMILES string of the molecule is COC(=O)N[C@H](C(=O)Cc1cccc(F)c1CC[C@H]1CNC[C@@H](C)N1S(C)(=O)=O)[C@@H](c1ccc(F)cc1)C1CCOCC1. The third-order valence-corrected chi connectivity index (χ3v) is 9.92. The quantitative estimate of drug-likeness (QED) is 0.395.